The summed E-state index contributed by atoms with van der Waals surface area (Å²) in [4.78, 5) is 21.4. The first-order valence-electron chi connectivity index (χ1n) is 9.21. The van der Waals surface area contributed by atoms with Gasteiger partial charge in [0.25, 0.3) is 0 Å². The van der Waals surface area contributed by atoms with Crippen LogP contribution in [0.15, 0.2) is 59.3 Å². The van der Waals surface area contributed by atoms with Crippen molar-refractivity contribution in [1.82, 2.24) is 29.4 Å². The summed E-state index contributed by atoms with van der Waals surface area (Å²) in [6.07, 6.45) is 3.67. The third-order valence-electron chi connectivity index (χ3n) is 4.80. The number of fused-ring (bicyclic) bond motifs is 3. The molecule has 5 rings (SSSR count). The number of benzene rings is 1. The van der Waals surface area contributed by atoms with Gasteiger partial charge in [-0.25, -0.2) is 9.78 Å². The summed E-state index contributed by atoms with van der Waals surface area (Å²) in [5.74, 6) is 0.608. The Kier molecular flexibility index (Phi) is 4.16. The van der Waals surface area contributed by atoms with Crippen LogP contribution in [-0.2, 0) is 16.0 Å². The third-order valence-corrected chi connectivity index (χ3v) is 4.80. The molecule has 1 atom stereocenters. The molecule has 10 nitrogen and oxygen atoms in total. The number of methoxy groups -OCH3 is 1. The van der Waals surface area contributed by atoms with E-state index < -0.39 is 12.0 Å². The maximum Gasteiger partial charge on any atom is 0.331 e. The topological polar surface area (TPSA) is 126 Å². The van der Waals surface area contributed by atoms with Crippen LogP contribution in [0.5, 0.6) is 0 Å². The Bertz CT molecular complexity index is 1340. The Hall–Kier alpha value is -4.21. The van der Waals surface area contributed by atoms with E-state index in [0.717, 1.165) is 5.56 Å². The Morgan fingerprint density at radius 1 is 1.17 bits per heavy atom. The standard InChI is InChI=1S/C20H17N7O3/c1-29-19(28)14(10-12-6-3-2-4-7-12)26-11-13-16(24-26)23-20(21)27-18(13)22-17(25-27)15-8-5-9-30-15/h2-9,11,14H,10H2,1H3,(H2,21,23,24). The van der Waals surface area contributed by atoms with Gasteiger partial charge in [-0.1, -0.05) is 30.3 Å². The number of carbonyl (C=O) groups excluding carboxylic acids is 1. The van der Waals surface area contributed by atoms with Crippen LogP contribution >= 0.6 is 0 Å². The highest BCUT2D eigenvalue weighted by atomic mass is 16.5. The molecule has 5 aromatic rings. The van der Waals surface area contributed by atoms with Crippen molar-refractivity contribution in [3.8, 4) is 11.6 Å². The van der Waals surface area contributed by atoms with Gasteiger partial charge in [-0.15, -0.1) is 5.10 Å². The van der Waals surface area contributed by atoms with Crippen LogP contribution in [0, 0.1) is 0 Å². The Balaban J connectivity index is 1.63. The first-order chi connectivity index (χ1) is 14.6. The lowest BCUT2D eigenvalue weighted by atomic mass is 10.1. The molecule has 1 unspecified atom stereocenters. The Morgan fingerprint density at radius 3 is 2.73 bits per heavy atom. The van der Waals surface area contributed by atoms with Crippen LogP contribution in [0.1, 0.15) is 11.6 Å². The molecular weight excluding hydrogens is 386 g/mol. The van der Waals surface area contributed by atoms with E-state index in [0.29, 0.717) is 34.7 Å². The predicted molar refractivity (Wildman–Crippen MR) is 107 cm³/mol. The van der Waals surface area contributed by atoms with Crippen molar-refractivity contribution in [3.63, 3.8) is 0 Å². The number of anilines is 1. The van der Waals surface area contributed by atoms with Gasteiger partial charge >= 0.3 is 5.97 Å². The molecule has 30 heavy (non-hydrogen) atoms. The molecule has 0 aliphatic rings. The predicted octanol–water partition coefficient (Wildman–Crippen LogP) is 2.27. The number of hydrogen-bond acceptors (Lipinski definition) is 8. The van der Waals surface area contributed by atoms with E-state index in [4.69, 9.17) is 14.9 Å². The summed E-state index contributed by atoms with van der Waals surface area (Å²) in [6.45, 7) is 0. The lowest BCUT2D eigenvalue weighted by molar-refractivity contribution is -0.144. The number of nitrogens with two attached hydrogens (primary N) is 1. The first-order valence-corrected chi connectivity index (χ1v) is 9.21. The molecule has 0 fully saturated rings. The molecule has 0 saturated carbocycles. The van der Waals surface area contributed by atoms with Gasteiger partial charge in [0.15, 0.2) is 23.1 Å². The fraction of sp³-hybridized carbons (Fsp3) is 0.150. The number of aromatic nitrogens is 6. The van der Waals surface area contributed by atoms with Gasteiger partial charge in [0.1, 0.15) is 0 Å². The molecule has 2 N–H and O–H groups in total. The monoisotopic (exact) mass is 403 g/mol. The van der Waals surface area contributed by atoms with Gasteiger partial charge in [-0.3, -0.25) is 4.68 Å². The number of rotatable bonds is 5. The summed E-state index contributed by atoms with van der Waals surface area (Å²) in [6, 6.07) is 12.5. The van der Waals surface area contributed by atoms with Gasteiger partial charge < -0.3 is 14.9 Å². The molecule has 1 aromatic carbocycles. The zero-order valence-electron chi connectivity index (χ0n) is 16.0. The summed E-state index contributed by atoms with van der Waals surface area (Å²) in [5, 5.41) is 9.46. The number of nitrogen functional groups attached to an aromatic ring is 1. The van der Waals surface area contributed by atoms with Crippen molar-refractivity contribution >= 4 is 28.6 Å². The van der Waals surface area contributed by atoms with Gasteiger partial charge in [0, 0.05) is 12.6 Å². The van der Waals surface area contributed by atoms with Crippen molar-refractivity contribution in [3.05, 3.63) is 60.5 Å². The number of furan rings is 1. The second-order valence-corrected chi connectivity index (χ2v) is 6.69. The maximum atomic E-state index is 12.5. The van der Waals surface area contributed by atoms with Gasteiger partial charge in [-0.2, -0.15) is 14.6 Å². The number of ether oxygens (including phenoxy) is 1. The van der Waals surface area contributed by atoms with Crippen LogP contribution in [0.25, 0.3) is 28.3 Å². The fourth-order valence-corrected chi connectivity index (χ4v) is 3.35. The second kappa shape index (κ2) is 6.99. The van der Waals surface area contributed by atoms with Crippen molar-refractivity contribution in [2.75, 3.05) is 12.8 Å². The molecular formula is C20H17N7O3. The Morgan fingerprint density at radius 2 is 2.00 bits per heavy atom. The maximum absolute atomic E-state index is 12.5. The number of nitrogens with zero attached hydrogens (tertiary/aromatic N) is 6. The zero-order valence-corrected chi connectivity index (χ0v) is 16.0. The molecule has 0 aliphatic carbocycles. The van der Waals surface area contributed by atoms with Gasteiger partial charge in [-0.05, 0) is 17.7 Å². The SMILES string of the molecule is COC(=O)C(Cc1ccccc1)n1cc2c(nc(N)n3nc(-c4ccco4)nc23)n1. The van der Waals surface area contributed by atoms with E-state index in [1.807, 2.05) is 30.3 Å². The fourth-order valence-electron chi connectivity index (χ4n) is 3.35. The highest BCUT2D eigenvalue weighted by Crippen LogP contribution is 2.25. The number of hydrogen-bond donors (Lipinski definition) is 1. The van der Waals surface area contributed by atoms with Crippen molar-refractivity contribution < 1.29 is 13.9 Å². The summed E-state index contributed by atoms with van der Waals surface area (Å²) >= 11 is 0. The third kappa shape index (κ3) is 2.94. The first kappa shape index (κ1) is 17.9. The highest BCUT2D eigenvalue weighted by molar-refractivity contribution is 5.90. The molecule has 150 valence electrons. The van der Waals surface area contributed by atoms with E-state index in [1.54, 1.807) is 24.6 Å². The lowest BCUT2D eigenvalue weighted by Gasteiger charge is -2.15. The number of esters is 1. The van der Waals surface area contributed by atoms with Crippen molar-refractivity contribution in [2.45, 2.75) is 12.5 Å². The molecule has 0 radical (unpaired) electrons. The van der Waals surface area contributed by atoms with E-state index >= 15 is 0 Å². The molecule has 0 spiro atoms. The van der Waals surface area contributed by atoms with Crippen molar-refractivity contribution in [1.29, 1.82) is 0 Å². The Labute approximate surface area is 169 Å². The molecule has 10 heteroatoms. The molecule has 0 aliphatic heterocycles. The van der Waals surface area contributed by atoms with Crippen LogP contribution in [-0.4, -0.2) is 42.4 Å². The molecule has 0 amide bonds. The molecule has 0 saturated heterocycles. The highest BCUT2D eigenvalue weighted by Gasteiger charge is 2.25. The van der Waals surface area contributed by atoms with E-state index in [1.165, 1.54) is 16.3 Å². The molecule has 4 heterocycles. The van der Waals surface area contributed by atoms with E-state index in [2.05, 4.69) is 20.2 Å². The van der Waals surface area contributed by atoms with E-state index in [9.17, 15) is 4.79 Å². The van der Waals surface area contributed by atoms with Gasteiger partial charge in [0.2, 0.25) is 11.8 Å². The van der Waals surface area contributed by atoms with Crippen LogP contribution in [0.4, 0.5) is 5.95 Å². The van der Waals surface area contributed by atoms with Crippen LogP contribution < -0.4 is 5.73 Å². The largest absolute Gasteiger partial charge is 0.467 e. The molecule has 0 bridgehead atoms. The summed E-state index contributed by atoms with van der Waals surface area (Å²) < 4.78 is 13.4. The average Bonchev–Trinajstić information content (AvgIpc) is 3.50. The van der Waals surface area contributed by atoms with Crippen LogP contribution in [0.3, 0.4) is 0 Å². The smallest absolute Gasteiger partial charge is 0.331 e. The van der Waals surface area contributed by atoms with Crippen LogP contribution in [0.2, 0.25) is 0 Å². The second-order valence-electron chi connectivity index (χ2n) is 6.69. The average molecular weight is 403 g/mol. The molecule has 4 aromatic heterocycles. The minimum absolute atomic E-state index is 0.130. The normalized spacial score (nSPS) is 12.4. The summed E-state index contributed by atoms with van der Waals surface area (Å²) in [5.41, 5.74) is 7.87. The van der Waals surface area contributed by atoms with Gasteiger partial charge in [0.05, 0.1) is 18.8 Å². The zero-order chi connectivity index (χ0) is 20.7. The summed E-state index contributed by atoms with van der Waals surface area (Å²) in [7, 11) is 1.35. The number of carbonyl (C=O) groups is 1. The quantitative estimate of drug-likeness (QED) is 0.443. The minimum Gasteiger partial charge on any atom is -0.467 e. The minimum atomic E-state index is -0.666. The van der Waals surface area contributed by atoms with E-state index in [-0.39, 0.29) is 5.95 Å². The van der Waals surface area contributed by atoms with Crippen molar-refractivity contribution in [2.24, 2.45) is 0 Å². The lowest BCUT2D eigenvalue weighted by Crippen LogP contribution is -2.23.